The van der Waals surface area contributed by atoms with Crippen LogP contribution in [0.5, 0.6) is 5.75 Å². The van der Waals surface area contributed by atoms with Crippen LogP contribution in [0.2, 0.25) is 0 Å². The summed E-state index contributed by atoms with van der Waals surface area (Å²) >= 11 is 3.76. The van der Waals surface area contributed by atoms with Gasteiger partial charge in [-0.15, -0.1) is 0 Å². The third kappa shape index (κ3) is 3.44. The van der Waals surface area contributed by atoms with Gasteiger partial charge < -0.3 is 4.74 Å². The van der Waals surface area contributed by atoms with Gasteiger partial charge in [0, 0.05) is 3.57 Å². The SMILES string of the molecule is FC(F)(F)c1cc(I)cc(OCI)c1. The highest BCUT2D eigenvalue weighted by Gasteiger charge is 2.31. The van der Waals surface area contributed by atoms with Gasteiger partial charge in [-0.1, -0.05) is 0 Å². The fourth-order valence-corrected chi connectivity index (χ4v) is 1.87. The van der Waals surface area contributed by atoms with Crippen molar-refractivity contribution >= 4 is 45.2 Å². The van der Waals surface area contributed by atoms with Gasteiger partial charge in [0.25, 0.3) is 0 Å². The number of halogens is 5. The Morgan fingerprint density at radius 3 is 2.36 bits per heavy atom. The monoisotopic (exact) mass is 428 g/mol. The average Bonchev–Trinajstić information content (AvgIpc) is 2.02. The lowest BCUT2D eigenvalue weighted by Gasteiger charge is -2.09. The first-order valence-corrected chi connectivity index (χ1v) is 6.10. The molecule has 0 N–H and O–H groups in total. The molecule has 0 heterocycles. The molecular weight excluding hydrogens is 423 g/mol. The van der Waals surface area contributed by atoms with E-state index in [9.17, 15) is 13.2 Å². The molecule has 0 aliphatic rings. The summed E-state index contributed by atoms with van der Waals surface area (Å²) in [5.74, 6) is 0.249. The summed E-state index contributed by atoms with van der Waals surface area (Å²) in [7, 11) is 0. The van der Waals surface area contributed by atoms with Crippen LogP contribution in [0.25, 0.3) is 0 Å². The highest BCUT2D eigenvalue weighted by atomic mass is 127. The smallest absolute Gasteiger partial charge is 0.416 e. The first kappa shape index (κ1) is 12.3. The summed E-state index contributed by atoms with van der Waals surface area (Å²) in [5, 5.41) is 0. The van der Waals surface area contributed by atoms with E-state index in [0.29, 0.717) is 8.18 Å². The topological polar surface area (TPSA) is 9.23 Å². The minimum absolute atomic E-state index is 0.249. The van der Waals surface area contributed by atoms with Crippen molar-refractivity contribution in [3.05, 3.63) is 27.3 Å². The number of rotatable bonds is 2. The standard InChI is InChI=1S/C8H5F3I2O/c9-8(10,11)5-1-6(13)3-7(2-5)14-4-12/h1-3H,4H2. The van der Waals surface area contributed by atoms with Gasteiger partial charge in [0.1, 0.15) is 10.4 Å². The van der Waals surface area contributed by atoms with Crippen molar-refractivity contribution in [2.75, 3.05) is 4.61 Å². The van der Waals surface area contributed by atoms with Gasteiger partial charge in [0.2, 0.25) is 0 Å². The van der Waals surface area contributed by atoms with E-state index in [1.807, 2.05) is 45.2 Å². The third-order valence-corrected chi connectivity index (χ3v) is 2.35. The zero-order chi connectivity index (χ0) is 10.8. The molecule has 1 aromatic rings. The molecule has 0 saturated heterocycles. The Morgan fingerprint density at radius 2 is 1.86 bits per heavy atom. The molecule has 0 aliphatic carbocycles. The number of benzene rings is 1. The quantitative estimate of drug-likeness (QED) is 0.510. The molecule has 1 aromatic carbocycles. The first-order valence-electron chi connectivity index (χ1n) is 3.50. The fourth-order valence-electron chi connectivity index (χ4n) is 0.873. The van der Waals surface area contributed by atoms with E-state index in [0.717, 1.165) is 12.1 Å². The predicted molar refractivity (Wildman–Crippen MR) is 63.7 cm³/mol. The molecule has 0 unspecified atom stereocenters. The largest absolute Gasteiger partial charge is 0.483 e. The molecule has 1 rings (SSSR count). The molecule has 0 spiro atoms. The molecule has 0 fully saturated rings. The zero-order valence-electron chi connectivity index (χ0n) is 6.74. The van der Waals surface area contributed by atoms with E-state index in [2.05, 4.69) is 0 Å². The number of hydrogen-bond acceptors (Lipinski definition) is 1. The maximum atomic E-state index is 12.3. The second kappa shape index (κ2) is 4.86. The number of ether oxygens (including phenoxy) is 1. The molecule has 0 saturated carbocycles. The van der Waals surface area contributed by atoms with E-state index in [1.54, 1.807) is 6.07 Å². The summed E-state index contributed by atoms with van der Waals surface area (Å²) in [4.78, 5) is 0. The lowest BCUT2D eigenvalue weighted by Crippen LogP contribution is -2.05. The van der Waals surface area contributed by atoms with E-state index in [4.69, 9.17) is 4.74 Å². The highest BCUT2D eigenvalue weighted by molar-refractivity contribution is 14.1. The lowest BCUT2D eigenvalue weighted by molar-refractivity contribution is -0.137. The van der Waals surface area contributed by atoms with Crippen LogP contribution in [-0.2, 0) is 6.18 Å². The van der Waals surface area contributed by atoms with Crippen LogP contribution in [0.15, 0.2) is 18.2 Å². The average molecular weight is 428 g/mol. The van der Waals surface area contributed by atoms with Crippen LogP contribution in [0.1, 0.15) is 5.56 Å². The summed E-state index contributed by atoms with van der Waals surface area (Å²) in [6.07, 6.45) is -4.31. The van der Waals surface area contributed by atoms with Crippen LogP contribution in [0, 0.1) is 3.57 Å². The molecule has 0 amide bonds. The summed E-state index contributed by atoms with van der Waals surface area (Å²) in [5.41, 5.74) is -0.677. The predicted octanol–water partition coefficient (Wildman–Crippen LogP) is 4.08. The molecule has 78 valence electrons. The van der Waals surface area contributed by atoms with E-state index in [1.165, 1.54) is 0 Å². The second-order valence-corrected chi connectivity index (χ2v) is 4.30. The van der Waals surface area contributed by atoms with Crippen molar-refractivity contribution < 1.29 is 17.9 Å². The second-order valence-electron chi connectivity index (χ2n) is 2.43. The molecular formula is C8H5F3I2O. The maximum absolute atomic E-state index is 12.3. The summed E-state index contributed by atoms with van der Waals surface area (Å²) < 4.78 is 42.8. The number of hydrogen-bond donors (Lipinski definition) is 0. The summed E-state index contributed by atoms with van der Waals surface area (Å²) in [6, 6.07) is 3.65. The third-order valence-electron chi connectivity index (χ3n) is 1.42. The van der Waals surface area contributed by atoms with Crippen molar-refractivity contribution in [1.29, 1.82) is 0 Å². The molecule has 0 bridgehead atoms. The van der Waals surface area contributed by atoms with Crippen molar-refractivity contribution in [3.8, 4) is 5.75 Å². The molecule has 0 aromatic heterocycles. The van der Waals surface area contributed by atoms with Crippen LogP contribution < -0.4 is 4.74 Å². The highest BCUT2D eigenvalue weighted by Crippen LogP contribution is 2.33. The van der Waals surface area contributed by atoms with Crippen LogP contribution in [-0.4, -0.2) is 4.61 Å². The molecule has 6 heteroatoms. The Labute approximate surface area is 106 Å². The van der Waals surface area contributed by atoms with E-state index in [-0.39, 0.29) is 5.75 Å². The van der Waals surface area contributed by atoms with Gasteiger partial charge in [-0.05, 0) is 63.4 Å². The van der Waals surface area contributed by atoms with Gasteiger partial charge in [0.15, 0.2) is 0 Å². The van der Waals surface area contributed by atoms with Gasteiger partial charge in [-0.25, -0.2) is 0 Å². The summed E-state index contributed by atoms with van der Waals surface area (Å²) in [6.45, 7) is 0. The van der Waals surface area contributed by atoms with Crippen molar-refractivity contribution in [3.63, 3.8) is 0 Å². The van der Waals surface area contributed by atoms with Crippen molar-refractivity contribution in [1.82, 2.24) is 0 Å². The van der Waals surface area contributed by atoms with E-state index < -0.39 is 11.7 Å². The Kier molecular flexibility index (Phi) is 4.29. The normalized spacial score (nSPS) is 11.5. The van der Waals surface area contributed by atoms with Crippen molar-refractivity contribution in [2.24, 2.45) is 0 Å². The van der Waals surface area contributed by atoms with E-state index >= 15 is 0 Å². The van der Waals surface area contributed by atoms with Crippen molar-refractivity contribution in [2.45, 2.75) is 6.18 Å². The van der Waals surface area contributed by atoms with Crippen LogP contribution in [0.3, 0.4) is 0 Å². The van der Waals surface area contributed by atoms with Crippen LogP contribution >= 0.6 is 45.2 Å². The molecule has 14 heavy (non-hydrogen) atoms. The van der Waals surface area contributed by atoms with Crippen LogP contribution in [0.4, 0.5) is 13.2 Å². The Balaban J connectivity index is 3.07. The number of alkyl halides is 4. The Morgan fingerprint density at radius 1 is 1.21 bits per heavy atom. The van der Waals surface area contributed by atoms with Gasteiger partial charge >= 0.3 is 6.18 Å². The minimum Gasteiger partial charge on any atom is -0.483 e. The van der Waals surface area contributed by atoms with Gasteiger partial charge in [-0.3, -0.25) is 0 Å². The first-order chi connectivity index (χ1) is 6.43. The van der Waals surface area contributed by atoms with Gasteiger partial charge in [-0.2, -0.15) is 13.2 Å². The molecule has 0 radical (unpaired) electrons. The van der Waals surface area contributed by atoms with Gasteiger partial charge in [0.05, 0.1) is 5.56 Å². The Hall–Kier alpha value is 0.270. The minimum atomic E-state index is -4.31. The molecule has 0 aliphatic heterocycles. The molecule has 0 atom stereocenters. The Bertz CT molecular complexity index is 325. The maximum Gasteiger partial charge on any atom is 0.416 e. The zero-order valence-corrected chi connectivity index (χ0v) is 11.1. The molecule has 1 nitrogen and oxygen atoms in total. The fraction of sp³-hybridized carbons (Fsp3) is 0.250. The lowest BCUT2D eigenvalue weighted by atomic mass is 10.2.